The zero-order chi connectivity index (χ0) is 12.3. The van der Waals surface area contributed by atoms with Crippen LogP contribution in [0.2, 0.25) is 0 Å². The fourth-order valence-electron chi connectivity index (χ4n) is 2.41. The lowest BCUT2D eigenvalue weighted by molar-refractivity contribution is 0.315. The summed E-state index contributed by atoms with van der Waals surface area (Å²) in [6.45, 7) is 10.2. The molecule has 0 unspecified atom stereocenters. The number of aryl methyl sites for hydroxylation is 1. The van der Waals surface area contributed by atoms with E-state index in [9.17, 15) is 0 Å². The molecule has 0 spiro atoms. The van der Waals surface area contributed by atoms with Crippen molar-refractivity contribution in [3.63, 3.8) is 0 Å². The Morgan fingerprint density at radius 2 is 2.35 bits per heavy atom. The molecule has 0 fully saturated rings. The van der Waals surface area contributed by atoms with Crippen LogP contribution in [0, 0.1) is 5.41 Å². The van der Waals surface area contributed by atoms with Gasteiger partial charge >= 0.3 is 0 Å². The minimum atomic E-state index is 0.407. The number of hydrogen-bond acceptors (Lipinski definition) is 2. The van der Waals surface area contributed by atoms with E-state index >= 15 is 0 Å². The summed E-state index contributed by atoms with van der Waals surface area (Å²) in [4.78, 5) is 4.50. The molecular weight excluding hydrogens is 210 g/mol. The van der Waals surface area contributed by atoms with Gasteiger partial charge in [-0.05, 0) is 24.7 Å². The second kappa shape index (κ2) is 5.21. The number of nitrogens with one attached hydrogen (secondary N) is 1. The Balaban J connectivity index is 1.86. The highest BCUT2D eigenvalue weighted by molar-refractivity contribution is 5.04. The quantitative estimate of drug-likeness (QED) is 0.850. The van der Waals surface area contributed by atoms with Crippen LogP contribution in [-0.2, 0) is 6.54 Å². The van der Waals surface area contributed by atoms with Crippen molar-refractivity contribution < 1.29 is 0 Å². The Kier molecular flexibility index (Phi) is 3.87. The molecule has 17 heavy (non-hydrogen) atoms. The molecule has 0 aliphatic carbocycles. The molecule has 1 aromatic rings. The fraction of sp³-hybridized carbons (Fsp3) is 0.786. The minimum absolute atomic E-state index is 0.407. The third-order valence-corrected chi connectivity index (χ3v) is 4.02. The largest absolute Gasteiger partial charge is 0.335 e. The van der Waals surface area contributed by atoms with E-state index in [2.05, 4.69) is 41.8 Å². The zero-order valence-corrected chi connectivity index (χ0v) is 11.4. The summed E-state index contributed by atoms with van der Waals surface area (Å²) in [7, 11) is 0. The van der Waals surface area contributed by atoms with Gasteiger partial charge in [0.25, 0.3) is 0 Å². The molecule has 1 aromatic heterocycles. The molecule has 2 rings (SSSR count). The second-order valence-electron chi connectivity index (χ2n) is 5.97. The van der Waals surface area contributed by atoms with Crippen LogP contribution in [0.4, 0.5) is 0 Å². The molecule has 0 saturated carbocycles. The van der Waals surface area contributed by atoms with E-state index in [0.717, 1.165) is 19.6 Å². The monoisotopic (exact) mass is 235 g/mol. The minimum Gasteiger partial charge on any atom is -0.335 e. The molecule has 2 heterocycles. The molecule has 1 atom stereocenters. The number of fused-ring (bicyclic) bond motifs is 1. The molecule has 1 aliphatic rings. The first-order valence-corrected chi connectivity index (χ1v) is 6.84. The summed E-state index contributed by atoms with van der Waals surface area (Å²) in [5, 5.41) is 3.62. The molecule has 0 saturated heterocycles. The van der Waals surface area contributed by atoms with Gasteiger partial charge < -0.3 is 9.88 Å². The van der Waals surface area contributed by atoms with Crippen molar-refractivity contribution in [2.24, 2.45) is 5.41 Å². The van der Waals surface area contributed by atoms with Gasteiger partial charge in [-0.3, -0.25) is 0 Å². The number of nitrogens with zero attached hydrogens (tertiary/aromatic N) is 2. The van der Waals surface area contributed by atoms with E-state index in [-0.39, 0.29) is 0 Å². The van der Waals surface area contributed by atoms with Crippen molar-refractivity contribution in [2.45, 2.75) is 52.5 Å². The van der Waals surface area contributed by atoms with Gasteiger partial charge in [0.2, 0.25) is 0 Å². The smallest absolute Gasteiger partial charge is 0.113 e. The van der Waals surface area contributed by atoms with Crippen molar-refractivity contribution in [2.75, 3.05) is 13.1 Å². The Morgan fingerprint density at radius 3 is 3.12 bits per heavy atom. The SMILES string of the molecule is CCC(C)(C)CNC[C@@H]1CCCn2ccnc21. The second-order valence-corrected chi connectivity index (χ2v) is 5.97. The van der Waals surface area contributed by atoms with Gasteiger partial charge in [0, 0.05) is 37.9 Å². The zero-order valence-electron chi connectivity index (χ0n) is 11.4. The standard InChI is InChI=1S/C14H25N3/c1-4-14(2,3)11-15-10-12-6-5-8-17-9-7-16-13(12)17/h7,9,12,15H,4-6,8,10-11H2,1-3H3/t12-/m0/s1. The molecule has 96 valence electrons. The maximum absolute atomic E-state index is 4.50. The van der Waals surface area contributed by atoms with E-state index < -0.39 is 0 Å². The molecular formula is C14H25N3. The first-order valence-electron chi connectivity index (χ1n) is 6.84. The lowest BCUT2D eigenvalue weighted by Gasteiger charge is -2.27. The van der Waals surface area contributed by atoms with E-state index in [0.29, 0.717) is 11.3 Å². The number of rotatable bonds is 5. The highest BCUT2D eigenvalue weighted by Crippen LogP contribution is 2.25. The molecule has 1 aliphatic heterocycles. The molecule has 0 aromatic carbocycles. The normalized spacial score (nSPS) is 20.3. The van der Waals surface area contributed by atoms with Gasteiger partial charge in [-0.1, -0.05) is 20.8 Å². The fourth-order valence-corrected chi connectivity index (χ4v) is 2.41. The maximum Gasteiger partial charge on any atom is 0.113 e. The first kappa shape index (κ1) is 12.6. The highest BCUT2D eigenvalue weighted by Gasteiger charge is 2.22. The van der Waals surface area contributed by atoms with Crippen LogP contribution in [0.1, 0.15) is 51.8 Å². The van der Waals surface area contributed by atoms with Crippen molar-refractivity contribution in [3.05, 3.63) is 18.2 Å². The van der Waals surface area contributed by atoms with Gasteiger partial charge in [-0.25, -0.2) is 4.98 Å². The Morgan fingerprint density at radius 1 is 1.53 bits per heavy atom. The summed E-state index contributed by atoms with van der Waals surface area (Å²) in [5.74, 6) is 1.88. The Bertz CT molecular complexity index is 354. The Hall–Kier alpha value is -0.830. The van der Waals surface area contributed by atoms with Gasteiger partial charge in [0.05, 0.1) is 0 Å². The van der Waals surface area contributed by atoms with Gasteiger partial charge in [0.1, 0.15) is 5.82 Å². The van der Waals surface area contributed by atoms with Crippen LogP contribution in [0.5, 0.6) is 0 Å². The lowest BCUT2D eigenvalue weighted by Crippen LogP contribution is -2.33. The first-order chi connectivity index (χ1) is 8.12. The molecule has 0 amide bonds. The third-order valence-electron chi connectivity index (χ3n) is 4.02. The van der Waals surface area contributed by atoms with Crippen molar-refractivity contribution in [1.82, 2.24) is 14.9 Å². The average Bonchev–Trinajstić information content (AvgIpc) is 2.78. The van der Waals surface area contributed by atoms with Crippen LogP contribution in [-0.4, -0.2) is 22.6 Å². The van der Waals surface area contributed by atoms with Crippen molar-refractivity contribution in [1.29, 1.82) is 0 Å². The number of imidazole rings is 1. The summed E-state index contributed by atoms with van der Waals surface area (Å²) in [6.07, 6.45) is 7.82. The molecule has 0 bridgehead atoms. The summed E-state index contributed by atoms with van der Waals surface area (Å²) in [5.41, 5.74) is 0.407. The maximum atomic E-state index is 4.50. The Labute approximate surface area is 105 Å². The van der Waals surface area contributed by atoms with Crippen LogP contribution in [0.3, 0.4) is 0 Å². The average molecular weight is 235 g/mol. The summed E-state index contributed by atoms with van der Waals surface area (Å²) >= 11 is 0. The molecule has 3 heteroatoms. The number of hydrogen-bond donors (Lipinski definition) is 1. The highest BCUT2D eigenvalue weighted by atomic mass is 15.1. The molecule has 1 N–H and O–H groups in total. The van der Waals surface area contributed by atoms with Gasteiger partial charge in [-0.2, -0.15) is 0 Å². The lowest BCUT2D eigenvalue weighted by atomic mass is 9.90. The van der Waals surface area contributed by atoms with E-state index in [1.54, 1.807) is 0 Å². The topological polar surface area (TPSA) is 29.9 Å². The van der Waals surface area contributed by atoms with E-state index in [4.69, 9.17) is 0 Å². The van der Waals surface area contributed by atoms with Crippen LogP contribution in [0.15, 0.2) is 12.4 Å². The predicted molar refractivity (Wildman–Crippen MR) is 71.1 cm³/mol. The number of aromatic nitrogens is 2. The van der Waals surface area contributed by atoms with Crippen LogP contribution < -0.4 is 5.32 Å². The van der Waals surface area contributed by atoms with Crippen LogP contribution in [0.25, 0.3) is 0 Å². The predicted octanol–water partition coefficient (Wildman–Crippen LogP) is 2.79. The molecule has 3 nitrogen and oxygen atoms in total. The third kappa shape index (κ3) is 3.09. The van der Waals surface area contributed by atoms with Gasteiger partial charge in [-0.15, -0.1) is 0 Å². The van der Waals surface area contributed by atoms with Crippen molar-refractivity contribution in [3.8, 4) is 0 Å². The van der Waals surface area contributed by atoms with E-state index in [1.807, 2.05) is 6.20 Å². The van der Waals surface area contributed by atoms with Crippen molar-refractivity contribution >= 4 is 0 Å². The molecule has 0 radical (unpaired) electrons. The summed E-state index contributed by atoms with van der Waals surface area (Å²) in [6, 6.07) is 0. The van der Waals surface area contributed by atoms with E-state index in [1.165, 1.54) is 25.1 Å². The van der Waals surface area contributed by atoms with Gasteiger partial charge in [0.15, 0.2) is 0 Å². The summed E-state index contributed by atoms with van der Waals surface area (Å²) < 4.78 is 2.31. The van der Waals surface area contributed by atoms with Crippen LogP contribution >= 0.6 is 0 Å².